The number of sulfonamides is 1. The number of anilines is 1. The number of esters is 1. The van der Waals surface area contributed by atoms with Gasteiger partial charge in [0, 0.05) is 16.9 Å². The maximum Gasteiger partial charge on any atom is 0.346 e. The van der Waals surface area contributed by atoms with Gasteiger partial charge in [-0.2, -0.15) is 0 Å². The highest BCUT2D eigenvalue weighted by Crippen LogP contribution is 2.37. The smallest absolute Gasteiger partial charge is 0.346 e. The number of hydrogen-bond donors (Lipinski definition) is 3. The highest BCUT2D eigenvalue weighted by Gasteiger charge is 2.33. The van der Waals surface area contributed by atoms with E-state index >= 15 is 0 Å². The van der Waals surface area contributed by atoms with E-state index in [1.807, 2.05) is 0 Å². The van der Waals surface area contributed by atoms with Crippen molar-refractivity contribution in [3.63, 3.8) is 0 Å². The molecule has 3 rings (SSSR count). The Morgan fingerprint density at radius 3 is 2.39 bits per heavy atom. The van der Waals surface area contributed by atoms with E-state index in [0.29, 0.717) is 17.3 Å². The van der Waals surface area contributed by atoms with Crippen LogP contribution >= 0.6 is 11.8 Å². The normalized spacial score (nSPS) is 15.2. The van der Waals surface area contributed by atoms with Crippen LogP contribution in [0.1, 0.15) is 13.8 Å². The maximum absolute atomic E-state index is 14.0. The SMILES string of the molecule is CCOC(=O)/C(C(=O)Nc1ccc(-c2cc(F)ccc2F)cc1)=C1\NC(C)=C(S(N)(=O)=O)S1. The van der Waals surface area contributed by atoms with Crippen LogP contribution < -0.4 is 15.8 Å². The second kappa shape index (κ2) is 9.73. The molecule has 33 heavy (non-hydrogen) atoms. The highest BCUT2D eigenvalue weighted by molar-refractivity contribution is 8.20. The molecular weight excluding hydrogens is 476 g/mol. The van der Waals surface area contributed by atoms with Crippen LogP contribution in [-0.2, 0) is 24.3 Å². The second-order valence-corrected chi connectivity index (χ2v) is 9.54. The Hall–Kier alpha value is -3.22. The van der Waals surface area contributed by atoms with Gasteiger partial charge in [-0.25, -0.2) is 27.1 Å². The fraction of sp³-hybridized carbons (Fsp3) is 0.143. The van der Waals surface area contributed by atoms with Crippen LogP contribution in [0.15, 0.2) is 63.0 Å². The predicted octanol–water partition coefficient (Wildman–Crippen LogP) is 3.16. The van der Waals surface area contributed by atoms with Crippen molar-refractivity contribution in [1.29, 1.82) is 0 Å². The van der Waals surface area contributed by atoms with Gasteiger partial charge in [-0.3, -0.25) is 4.79 Å². The molecule has 0 saturated heterocycles. The summed E-state index contributed by atoms with van der Waals surface area (Å²) in [7, 11) is -4.07. The molecule has 0 aliphatic carbocycles. The molecule has 1 aliphatic rings. The Kier molecular flexibility index (Phi) is 7.20. The Morgan fingerprint density at radius 2 is 1.82 bits per heavy atom. The van der Waals surface area contributed by atoms with Crippen molar-refractivity contribution in [2.24, 2.45) is 5.14 Å². The Bertz CT molecular complexity index is 1290. The van der Waals surface area contributed by atoms with Crippen LogP contribution in [0.2, 0.25) is 0 Å². The first kappa shape index (κ1) is 24.4. The Labute approximate surface area is 192 Å². The average Bonchev–Trinajstić information content (AvgIpc) is 3.12. The molecule has 0 unspecified atom stereocenters. The molecule has 0 saturated carbocycles. The van der Waals surface area contributed by atoms with Gasteiger partial charge >= 0.3 is 5.97 Å². The molecule has 2 aromatic carbocycles. The second-order valence-electron chi connectivity index (χ2n) is 6.76. The van der Waals surface area contributed by atoms with Gasteiger partial charge in [0.15, 0.2) is 5.57 Å². The highest BCUT2D eigenvalue weighted by atomic mass is 32.3. The summed E-state index contributed by atoms with van der Waals surface area (Å²) in [5.41, 5.74) is 0.390. The standard InChI is InChI=1S/C21H19F2N3O5S2/c1-3-31-20(28)17(19-25-11(2)21(32-19)33(24,29)30)18(27)26-14-7-4-12(5-8-14)15-10-13(22)6-9-16(15)23/h4-10,25H,3H2,1-2H3,(H,26,27)(H2,24,29,30)/b19-17+. The number of ether oxygens (including phenoxy) is 1. The first-order valence-corrected chi connectivity index (χ1v) is 11.8. The van der Waals surface area contributed by atoms with Gasteiger partial charge in [0.25, 0.3) is 5.91 Å². The minimum Gasteiger partial charge on any atom is -0.462 e. The number of nitrogens with two attached hydrogens (primary N) is 1. The van der Waals surface area contributed by atoms with Crippen molar-refractivity contribution in [1.82, 2.24) is 5.32 Å². The van der Waals surface area contributed by atoms with Crippen molar-refractivity contribution in [2.45, 2.75) is 13.8 Å². The van der Waals surface area contributed by atoms with Crippen LogP contribution in [-0.4, -0.2) is 26.9 Å². The number of allylic oxidation sites excluding steroid dienone is 1. The van der Waals surface area contributed by atoms with Crippen molar-refractivity contribution < 1.29 is 31.5 Å². The largest absolute Gasteiger partial charge is 0.462 e. The molecule has 12 heteroatoms. The lowest BCUT2D eigenvalue weighted by molar-refractivity contribution is -0.139. The third kappa shape index (κ3) is 5.59. The molecule has 2 aromatic rings. The Balaban J connectivity index is 1.88. The quantitative estimate of drug-likeness (QED) is 0.243. The third-order valence-electron chi connectivity index (χ3n) is 4.38. The van der Waals surface area contributed by atoms with Gasteiger partial charge in [0.1, 0.15) is 15.9 Å². The Morgan fingerprint density at radius 1 is 1.15 bits per heavy atom. The summed E-state index contributed by atoms with van der Waals surface area (Å²) in [5.74, 6) is -3.04. The molecule has 0 fully saturated rings. The minimum atomic E-state index is -4.07. The van der Waals surface area contributed by atoms with Gasteiger partial charge in [0.05, 0.1) is 11.6 Å². The van der Waals surface area contributed by atoms with Gasteiger partial charge < -0.3 is 15.4 Å². The summed E-state index contributed by atoms with van der Waals surface area (Å²) in [6, 6.07) is 8.89. The number of halogens is 2. The zero-order valence-corrected chi connectivity index (χ0v) is 19.1. The van der Waals surface area contributed by atoms with Crippen molar-refractivity contribution in [3.8, 4) is 11.1 Å². The number of hydrogen-bond acceptors (Lipinski definition) is 7. The van der Waals surface area contributed by atoms with E-state index in [-0.39, 0.29) is 32.8 Å². The molecular formula is C21H19F2N3O5S2. The molecule has 0 atom stereocenters. The molecule has 0 bridgehead atoms. The van der Waals surface area contributed by atoms with E-state index in [4.69, 9.17) is 9.88 Å². The van der Waals surface area contributed by atoms with Crippen LogP contribution in [0.5, 0.6) is 0 Å². The molecule has 0 spiro atoms. The van der Waals surface area contributed by atoms with E-state index in [9.17, 15) is 26.8 Å². The number of carbonyl (C=O) groups excluding carboxylic acids is 2. The minimum absolute atomic E-state index is 0.0179. The number of carbonyl (C=O) groups is 2. The zero-order chi connectivity index (χ0) is 24.3. The van der Waals surface area contributed by atoms with E-state index < -0.39 is 39.1 Å². The summed E-state index contributed by atoms with van der Waals surface area (Å²) < 4.78 is 55.6. The molecule has 1 heterocycles. The van der Waals surface area contributed by atoms with E-state index in [1.165, 1.54) is 31.2 Å². The molecule has 0 radical (unpaired) electrons. The predicted molar refractivity (Wildman–Crippen MR) is 121 cm³/mol. The average molecular weight is 496 g/mol. The molecule has 0 aromatic heterocycles. The first-order valence-electron chi connectivity index (χ1n) is 9.48. The van der Waals surface area contributed by atoms with Gasteiger partial charge in [0.2, 0.25) is 10.0 Å². The number of rotatable bonds is 6. The lowest BCUT2D eigenvalue weighted by atomic mass is 10.0. The number of primary sulfonamides is 1. The summed E-state index contributed by atoms with van der Waals surface area (Å²) in [6.45, 7) is 2.97. The lowest BCUT2D eigenvalue weighted by Crippen LogP contribution is -2.26. The summed E-state index contributed by atoms with van der Waals surface area (Å²) >= 11 is 0.626. The van der Waals surface area contributed by atoms with Crippen LogP contribution in [0.25, 0.3) is 11.1 Å². The van der Waals surface area contributed by atoms with Crippen LogP contribution in [0.3, 0.4) is 0 Å². The van der Waals surface area contributed by atoms with Crippen molar-refractivity contribution in [3.05, 3.63) is 74.6 Å². The molecule has 1 aliphatic heterocycles. The van der Waals surface area contributed by atoms with Crippen molar-refractivity contribution in [2.75, 3.05) is 11.9 Å². The zero-order valence-electron chi connectivity index (χ0n) is 17.4. The fourth-order valence-corrected chi connectivity index (χ4v) is 5.00. The van der Waals surface area contributed by atoms with Crippen LogP contribution in [0, 0.1) is 11.6 Å². The number of nitrogens with one attached hydrogen (secondary N) is 2. The first-order chi connectivity index (χ1) is 15.5. The monoisotopic (exact) mass is 495 g/mol. The topological polar surface area (TPSA) is 128 Å². The van der Waals surface area contributed by atoms with E-state index in [2.05, 4.69) is 10.6 Å². The van der Waals surface area contributed by atoms with Crippen molar-refractivity contribution >= 4 is 39.3 Å². The van der Waals surface area contributed by atoms with Gasteiger partial charge in [-0.05, 0) is 49.7 Å². The third-order valence-corrected chi connectivity index (χ3v) is 7.15. The van der Waals surface area contributed by atoms with Gasteiger partial charge in [-0.1, -0.05) is 23.9 Å². The fourth-order valence-electron chi connectivity index (χ4n) is 2.94. The molecule has 8 nitrogen and oxygen atoms in total. The summed E-state index contributed by atoms with van der Waals surface area (Å²) in [5, 5.41) is 10.3. The molecule has 1 amide bonds. The number of thioether (sulfide) groups is 1. The van der Waals surface area contributed by atoms with Gasteiger partial charge in [-0.15, -0.1) is 0 Å². The molecule has 174 valence electrons. The maximum atomic E-state index is 14.0. The number of benzene rings is 2. The van der Waals surface area contributed by atoms with E-state index in [1.54, 1.807) is 6.92 Å². The number of amides is 1. The van der Waals surface area contributed by atoms with E-state index in [0.717, 1.165) is 18.2 Å². The lowest BCUT2D eigenvalue weighted by Gasteiger charge is -2.12. The van der Waals surface area contributed by atoms with Crippen LogP contribution in [0.4, 0.5) is 14.5 Å². The summed E-state index contributed by atoms with van der Waals surface area (Å²) in [6.07, 6.45) is 0. The molecule has 4 N–H and O–H groups in total. The summed E-state index contributed by atoms with van der Waals surface area (Å²) in [4.78, 5) is 25.4.